The maximum absolute atomic E-state index is 12.9. The summed E-state index contributed by atoms with van der Waals surface area (Å²) in [4.78, 5) is 26.9. The summed E-state index contributed by atoms with van der Waals surface area (Å²) in [6, 6.07) is 17.7. The molecular weight excluding hydrogens is 330 g/mol. The van der Waals surface area contributed by atoms with Crippen LogP contribution in [0.2, 0.25) is 0 Å². The van der Waals surface area contributed by atoms with Crippen molar-refractivity contribution in [3.05, 3.63) is 77.6 Å². The lowest BCUT2D eigenvalue weighted by Gasteiger charge is -2.21. The van der Waals surface area contributed by atoms with Crippen LogP contribution in [0.15, 0.2) is 65.2 Å². The Morgan fingerprint density at radius 1 is 1.04 bits per heavy atom. The van der Waals surface area contributed by atoms with E-state index in [1.165, 1.54) is 0 Å². The van der Waals surface area contributed by atoms with Crippen LogP contribution in [0.5, 0.6) is 0 Å². The number of aromatic nitrogens is 1. The number of para-hydroxylation sites is 1. The molecule has 1 N–H and O–H groups in total. The van der Waals surface area contributed by atoms with Gasteiger partial charge in [0.05, 0.1) is 0 Å². The summed E-state index contributed by atoms with van der Waals surface area (Å²) in [5.74, 6) is 0.427. The predicted molar refractivity (Wildman–Crippen MR) is 99.4 cm³/mol. The van der Waals surface area contributed by atoms with E-state index in [0.717, 1.165) is 5.69 Å². The monoisotopic (exact) mass is 349 g/mol. The van der Waals surface area contributed by atoms with Crippen LogP contribution in [0.25, 0.3) is 0 Å². The molecule has 0 atom stereocenters. The average Bonchev–Trinajstić information content (AvgIpc) is 3.08. The molecule has 6 heteroatoms. The summed E-state index contributed by atoms with van der Waals surface area (Å²) in [5, 5.41) is 6.39. The summed E-state index contributed by atoms with van der Waals surface area (Å²) in [5.41, 5.74) is 1.63. The Kier molecular flexibility index (Phi) is 5.12. The molecule has 2 amide bonds. The van der Waals surface area contributed by atoms with Crippen LogP contribution in [-0.4, -0.2) is 23.5 Å². The zero-order valence-corrected chi connectivity index (χ0v) is 14.6. The number of benzene rings is 2. The Hall–Kier alpha value is -3.41. The minimum atomic E-state index is -0.351. The molecule has 2 aromatic carbocycles. The minimum Gasteiger partial charge on any atom is -0.360 e. The molecule has 0 bridgehead atoms. The fourth-order valence-electron chi connectivity index (χ4n) is 2.61. The first-order chi connectivity index (χ1) is 12.6. The van der Waals surface area contributed by atoms with Crippen LogP contribution in [0, 0.1) is 6.92 Å². The highest BCUT2D eigenvalue weighted by molar-refractivity contribution is 6.09. The minimum absolute atomic E-state index is 0.161. The van der Waals surface area contributed by atoms with Gasteiger partial charge < -0.3 is 14.7 Å². The molecule has 0 saturated heterocycles. The van der Waals surface area contributed by atoms with Crippen LogP contribution in [0.4, 0.5) is 11.5 Å². The standard InChI is InChI=1S/C20H19N3O3/c1-3-23(17-10-5-4-6-11-17)20(25)16-9-7-8-15(13-16)19(24)21-18-12-14(2)26-22-18/h4-13H,3H2,1-2H3,(H,21,22,24). The van der Waals surface area contributed by atoms with Gasteiger partial charge in [-0.25, -0.2) is 0 Å². The number of nitrogens with one attached hydrogen (secondary N) is 1. The molecule has 0 unspecified atom stereocenters. The maximum Gasteiger partial charge on any atom is 0.258 e. The molecule has 3 aromatic rings. The fourth-order valence-corrected chi connectivity index (χ4v) is 2.61. The van der Waals surface area contributed by atoms with Gasteiger partial charge in [-0.3, -0.25) is 9.59 Å². The number of aryl methyl sites for hydroxylation is 1. The summed E-state index contributed by atoms with van der Waals surface area (Å²) >= 11 is 0. The molecule has 1 aromatic heterocycles. The van der Waals surface area contributed by atoms with E-state index >= 15 is 0 Å². The third-order valence-electron chi connectivity index (χ3n) is 3.87. The first-order valence-electron chi connectivity index (χ1n) is 8.30. The Bertz CT molecular complexity index is 919. The van der Waals surface area contributed by atoms with Gasteiger partial charge in [-0.15, -0.1) is 0 Å². The van der Waals surface area contributed by atoms with Crippen molar-refractivity contribution in [2.24, 2.45) is 0 Å². The van der Waals surface area contributed by atoms with Gasteiger partial charge in [-0.2, -0.15) is 0 Å². The first-order valence-corrected chi connectivity index (χ1v) is 8.30. The molecule has 0 aliphatic heterocycles. The second-order valence-corrected chi connectivity index (χ2v) is 5.74. The van der Waals surface area contributed by atoms with Gasteiger partial charge in [0.15, 0.2) is 5.82 Å². The highest BCUT2D eigenvalue weighted by Crippen LogP contribution is 2.18. The van der Waals surface area contributed by atoms with Gasteiger partial charge in [-0.05, 0) is 44.2 Å². The summed E-state index contributed by atoms with van der Waals surface area (Å²) in [6.07, 6.45) is 0. The SMILES string of the molecule is CCN(C(=O)c1cccc(C(=O)Nc2cc(C)on2)c1)c1ccccc1. The zero-order valence-electron chi connectivity index (χ0n) is 14.6. The maximum atomic E-state index is 12.9. The van der Waals surface area contributed by atoms with Gasteiger partial charge in [-0.1, -0.05) is 29.4 Å². The van der Waals surface area contributed by atoms with Crippen LogP contribution in [0.3, 0.4) is 0 Å². The Morgan fingerprint density at radius 3 is 2.42 bits per heavy atom. The van der Waals surface area contributed by atoms with E-state index < -0.39 is 0 Å². The number of anilines is 2. The van der Waals surface area contributed by atoms with Gasteiger partial charge in [0.2, 0.25) is 0 Å². The van der Waals surface area contributed by atoms with Crippen molar-refractivity contribution in [1.82, 2.24) is 5.16 Å². The highest BCUT2D eigenvalue weighted by Gasteiger charge is 2.18. The normalized spacial score (nSPS) is 10.4. The van der Waals surface area contributed by atoms with Crippen molar-refractivity contribution < 1.29 is 14.1 Å². The summed E-state index contributed by atoms with van der Waals surface area (Å²) < 4.78 is 4.93. The molecule has 6 nitrogen and oxygen atoms in total. The molecule has 3 rings (SSSR count). The predicted octanol–water partition coefficient (Wildman–Crippen LogP) is 3.90. The van der Waals surface area contributed by atoms with Crippen LogP contribution >= 0.6 is 0 Å². The average molecular weight is 349 g/mol. The van der Waals surface area contributed by atoms with E-state index in [2.05, 4.69) is 10.5 Å². The smallest absolute Gasteiger partial charge is 0.258 e. The Morgan fingerprint density at radius 2 is 1.77 bits per heavy atom. The summed E-state index contributed by atoms with van der Waals surface area (Å²) in [6.45, 7) is 4.18. The molecule has 0 spiro atoms. The van der Waals surface area contributed by atoms with Crippen molar-refractivity contribution in [3.8, 4) is 0 Å². The topological polar surface area (TPSA) is 75.4 Å². The third-order valence-corrected chi connectivity index (χ3v) is 3.87. The van der Waals surface area contributed by atoms with Gasteiger partial charge in [0, 0.05) is 29.4 Å². The number of hydrogen-bond donors (Lipinski definition) is 1. The van der Waals surface area contributed by atoms with E-state index in [1.54, 1.807) is 42.2 Å². The summed E-state index contributed by atoms with van der Waals surface area (Å²) in [7, 11) is 0. The number of hydrogen-bond acceptors (Lipinski definition) is 4. The fraction of sp³-hybridized carbons (Fsp3) is 0.150. The van der Waals surface area contributed by atoms with E-state index in [0.29, 0.717) is 29.2 Å². The lowest BCUT2D eigenvalue weighted by atomic mass is 10.1. The molecule has 0 radical (unpaired) electrons. The van der Waals surface area contributed by atoms with Crippen molar-refractivity contribution in [2.75, 3.05) is 16.8 Å². The largest absolute Gasteiger partial charge is 0.360 e. The van der Waals surface area contributed by atoms with E-state index in [4.69, 9.17) is 4.52 Å². The Labute approximate surface area is 151 Å². The van der Waals surface area contributed by atoms with Crippen molar-refractivity contribution in [2.45, 2.75) is 13.8 Å². The van der Waals surface area contributed by atoms with Gasteiger partial charge >= 0.3 is 0 Å². The molecule has 26 heavy (non-hydrogen) atoms. The number of amides is 2. The highest BCUT2D eigenvalue weighted by atomic mass is 16.5. The van der Waals surface area contributed by atoms with Crippen LogP contribution < -0.4 is 10.2 Å². The molecule has 0 fully saturated rings. The van der Waals surface area contributed by atoms with Gasteiger partial charge in [0.25, 0.3) is 11.8 Å². The molecular formula is C20H19N3O3. The second kappa shape index (κ2) is 7.65. The van der Waals surface area contributed by atoms with E-state index in [-0.39, 0.29) is 11.8 Å². The lowest BCUT2D eigenvalue weighted by Crippen LogP contribution is -2.30. The number of rotatable bonds is 5. The van der Waals surface area contributed by atoms with E-state index in [9.17, 15) is 9.59 Å². The van der Waals surface area contributed by atoms with Crippen LogP contribution in [-0.2, 0) is 0 Å². The number of carbonyl (C=O) groups excluding carboxylic acids is 2. The molecule has 0 aliphatic carbocycles. The van der Waals surface area contributed by atoms with Crippen molar-refractivity contribution in [1.29, 1.82) is 0 Å². The van der Waals surface area contributed by atoms with Crippen molar-refractivity contribution in [3.63, 3.8) is 0 Å². The van der Waals surface area contributed by atoms with Crippen molar-refractivity contribution >= 4 is 23.3 Å². The molecule has 0 saturated carbocycles. The van der Waals surface area contributed by atoms with E-state index in [1.807, 2.05) is 37.3 Å². The molecule has 132 valence electrons. The van der Waals surface area contributed by atoms with Gasteiger partial charge in [0.1, 0.15) is 5.76 Å². The quantitative estimate of drug-likeness (QED) is 0.758. The lowest BCUT2D eigenvalue weighted by molar-refractivity contribution is 0.0988. The molecule has 0 aliphatic rings. The van der Waals surface area contributed by atoms with Crippen LogP contribution in [0.1, 0.15) is 33.4 Å². The zero-order chi connectivity index (χ0) is 18.5. The third kappa shape index (κ3) is 3.80. The second-order valence-electron chi connectivity index (χ2n) is 5.74. The number of carbonyl (C=O) groups is 2. The Balaban J connectivity index is 1.81. The number of nitrogens with zero attached hydrogens (tertiary/aromatic N) is 2. The molecule has 1 heterocycles. The first kappa shape index (κ1) is 17.4.